The number of carbonyl (C=O) groups is 3. The van der Waals surface area contributed by atoms with Crippen LogP contribution < -0.4 is 10.2 Å². The zero-order chi connectivity index (χ0) is 19.0. The summed E-state index contributed by atoms with van der Waals surface area (Å²) in [5.74, 6) is -0.243. The highest BCUT2D eigenvalue weighted by atomic mass is 16.5. The fourth-order valence-corrected chi connectivity index (χ4v) is 4.28. The van der Waals surface area contributed by atoms with Crippen molar-refractivity contribution in [2.45, 2.75) is 38.6 Å². The summed E-state index contributed by atoms with van der Waals surface area (Å²) in [4.78, 5) is 40.7. The topological polar surface area (TPSA) is 79.0 Å². The molecule has 144 valence electrons. The Hall–Kier alpha value is -2.57. The first kappa shape index (κ1) is 17.8. The maximum Gasteiger partial charge on any atom is 0.338 e. The van der Waals surface area contributed by atoms with E-state index in [9.17, 15) is 14.4 Å². The zero-order valence-electron chi connectivity index (χ0n) is 15.6. The number of amides is 2. The lowest BCUT2D eigenvalue weighted by atomic mass is 10.0. The first-order chi connectivity index (χ1) is 13.0. The van der Waals surface area contributed by atoms with E-state index in [2.05, 4.69) is 17.1 Å². The molecule has 3 aliphatic rings. The molecule has 3 heterocycles. The van der Waals surface area contributed by atoms with Gasteiger partial charge in [0.2, 0.25) is 5.91 Å². The van der Waals surface area contributed by atoms with Crippen LogP contribution in [0.3, 0.4) is 0 Å². The average molecular weight is 371 g/mol. The van der Waals surface area contributed by atoms with E-state index in [4.69, 9.17) is 4.74 Å². The summed E-state index contributed by atoms with van der Waals surface area (Å²) in [6, 6.07) is 5.07. The van der Waals surface area contributed by atoms with Crippen LogP contribution in [0.4, 0.5) is 11.4 Å². The summed E-state index contributed by atoms with van der Waals surface area (Å²) in [7, 11) is 0. The normalized spacial score (nSPS) is 24.1. The van der Waals surface area contributed by atoms with Crippen molar-refractivity contribution in [2.24, 2.45) is 5.92 Å². The van der Waals surface area contributed by atoms with Gasteiger partial charge in [-0.15, -0.1) is 0 Å². The minimum Gasteiger partial charge on any atom is -0.452 e. The summed E-state index contributed by atoms with van der Waals surface area (Å²) in [5.41, 5.74) is 1.90. The van der Waals surface area contributed by atoms with Gasteiger partial charge in [-0.2, -0.15) is 0 Å². The number of esters is 1. The molecule has 0 aromatic heterocycles. The molecule has 2 amide bonds. The van der Waals surface area contributed by atoms with Crippen molar-refractivity contribution >= 4 is 29.2 Å². The molecule has 2 fully saturated rings. The number of hydrogen-bond donors (Lipinski definition) is 1. The van der Waals surface area contributed by atoms with Crippen molar-refractivity contribution in [1.82, 2.24) is 4.90 Å². The lowest BCUT2D eigenvalue weighted by Crippen LogP contribution is -2.44. The number of anilines is 2. The summed E-state index contributed by atoms with van der Waals surface area (Å²) >= 11 is 0. The minimum atomic E-state index is -0.547. The smallest absolute Gasteiger partial charge is 0.338 e. The third-order valence-corrected chi connectivity index (χ3v) is 5.69. The number of hydrogen-bond acceptors (Lipinski definition) is 5. The van der Waals surface area contributed by atoms with Crippen LogP contribution in [0.2, 0.25) is 0 Å². The molecule has 0 radical (unpaired) electrons. The molecule has 0 unspecified atom stereocenters. The van der Waals surface area contributed by atoms with Crippen LogP contribution in [0, 0.1) is 5.92 Å². The maximum atomic E-state index is 12.4. The Morgan fingerprint density at radius 3 is 2.85 bits per heavy atom. The fourth-order valence-electron chi connectivity index (χ4n) is 4.28. The molecule has 3 aliphatic heterocycles. The van der Waals surface area contributed by atoms with Crippen molar-refractivity contribution in [1.29, 1.82) is 0 Å². The van der Waals surface area contributed by atoms with E-state index in [1.165, 1.54) is 0 Å². The van der Waals surface area contributed by atoms with E-state index in [1.54, 1.807) is 17.0 Å². The van der Waals surface area contributed by atoms with Crippen LogP contribution in [0.5, 0.6) is 0 Å². The van der Waals surface area contributed by atoms with Gasteiger partial charge in [-0.25, -0.2) is 4.79 Å². The van der Waals surface area contributed by atoms with Crippen molar-refractivity contribution in [2.75, 3.05) is 36.5 Å². The fraction of sp³-hybridized carbons (Fsp3) is 0.550. The predicted molar refractivity (Wildman–Crippen MR) is 101 cm³/mol. The Morgan fingerprint density at radius 1 is 1.22 bits per heavy atom. The second-order valence-electron chi connectivity index (χ2n) is 7.74. The first-order valence-corrected chi connectivity index (χ1v) is 9.69. The molecular formula is C20H25N3O4. The van der Waals surface area contributed by atoms with E-state index in [1.807, 2.05) is 6.07 Å². The van der Waals surface area contributed by atoms with Gasteiger partial charge in [-0.3, -0.25) is 9.59 Å². The number of benzene rings is 1. The molecule has 0 bridgehead atoms. The van der Waals surface area contributed by atoms with Gasteiger partial charge in [-0.05, 0) is 49.8 Å². The lowest BCUT2D eigenvalue weighted by Gasteiger charge is -2.33. The van der Waals surface area contributed by atoms with Gasteiger partial charge in [0.05, 0.1) is 16.9 Å². The van der Waals surface area contributed by atoms with E-state index in [-0.39, 0.29) is 24.5 Å². The van der Waals surface area contributed by atoms with Crippen LogP contribution in [-0.2, 0) is 14.3 Å². The summed E-state index contributed by atoms with van der Waals surface area (Å²) in [5, 5.41) is 2.88. The molecule has 7 heteroatoms. The highest BCUT2D eigenvalue weighted by molar-refractivity contribution is 6.05. The number of fused-ring (bicyclic) bond motifs is 3. The third-order valence-electron chi connectivity index (χ3n) is 5.69. The van der Waals surface area contributed by atoms with Crippen LogP contribution in [0.15, 0.2) is 18.2 Å². The lowest BCUT2D eigenvalue weighted by molar-refractivity contribution is -0.136. The van der Waals surface area contributed by atoms with Crippen molar-refractivity contribution < 1.29 is 19.1 Å². The van der Waals surface area contributed by atoms with Gasteiger partial charge in [-0.1, -0.05) is 6.92 Å². The van der Waals surface area contributed by atoms with Crippen LogP contribution in [-0.4, -0.2) is 55.0 Å². The van der Waals surface area contributed by atoms with Crippen LogP contribution >= 0.6 is 0 Å². The molecule has 0 saturated carbocycles. The highest BCUT2D eigenvalue weighted by Crippen LogP contribution is 2.37. The Morgan fingerprint density at radius 2 is 2.04 bits per heavy atom. The number of likely N-dealkylation sites (tertiary alicyclic amines) is 1. The maximum absolute atomic E-state index is 12.4. The molecule has 1 aromatic rings. The molecule has 2 saturated heterocycles. The molecule has 0 aliphatic carbocycles. The van der Waals surface area contributed by atoms with Crippen molar-refractivity contribution in [3.8, 4) is 0 Å². The van der Waals surface area contributed by atoms with Crippen molar-refractivity contribution in [3.63, 3.8) is 0 Å². The summed E-state index contributed by atoms with van der Waals surface area (Å²) in [6.07, 6.45) is 3.95. The van der Waals surface area contributed by atoms with Gasteiger partial charge in [0.15, 0.2) is 6.61 Å². The number of nitrogens with zero attached hydrogens (tertiary/aromatic N) is 2. The van der Waals surface area contributed by atoms with E-state index in [0.717, 1.165) is 51.0 Å². The van der Waals surface area contributed by atoms with Gasteiger partial charge in [0.25, 0.3) is 5.91 Å². The summed E-state index contributed by atoms with van der Waals surface area (Å²) < 4.78 is 5.23. The standard InChI is InChI=1S/C20H25N3O4/c1-13-4-2-8-22(11-13)18(24)12-27-20(26)14-6-7-16-15(10-14)21-19(25)17-5-3-9-23(16)17/h6-7,10,13,17H,2-5,8-9,11-12H2,1H3,(H,21,25)/t13-,17+/m0/s1. The second-order valence-corrected chi connectivity index (χ2v) is 7.74. The van der Waals surface area contributed by atoms with Gasteiger partial charge < -0.3 is 19.9 Å². The molecule has 27 heavy (non-hydrogen) atoms. The predicted octanol–water partition coefficient (Wildman–Crippen LogP) is 2.02. The molecule has 1 aromatic carbocycles. The van der Waals surface area contributed by atoms with Crippen LogP contribution in [0.1, 0.15) is 43.0 Å². The van der Waals surface area contributed by atoms with Gasteiger partial charge >= 0.3 is 5.97 Å². The molecule has 4 rings (SSSR count). The van der Waals surface area contributed by atoms with E-state index >= 15 is 0 Å². The number of rotatable bonds is 3. The number of piperidine rings is 1. The summed E-state index contributed by atoms with van der Waals surface area (Å²) in [6.45, 7) is 4.17. The Balaban J connectivity index is 1.40. The SMILES string of the molecule is C[C@H]1CCCN(C(=O)COC(=O)c2ccc3c(c2)NC(=O)[C@H]2CCCN32)C1. The molecule has 2 atom stereocenters. The quantitative estimate of drug-likeness (QED) is 0.823. The van der Waals surface area contributed by atoms with Gasteiger partial charge in [0, 0.05) is 19.6 Å². The minimum absolute atomic E-state index is 0.0279. The van der Waals surface area contributed by atoms with Crippen molar-refractivity contribution in [3.05, 3.63) is 23.8 Å². The highest BCUT2D eigenvalue weighted by Gasteiger charge is 2.36. The molecule has 1 N–H and O–H groups in total. The monoisotopic (exact) mass is 371 g/mol. The first-order valence-electron chi connectivity index (χ1n) is 9.69. The van der Waals surface area contributed by atoms with E-state index < -0.39 is 5.97 Å². The number of ether oxygens (including phenoxy) is 1. The molecule has 7 nitrogen and oxygen atoms in total. The second kappa shape index (κ2) is 7.21. The molecular weight excluding hydrogens is 346 g/mol. The third kappa shape index (κ3) is 3.50. The van der Waals surface area contributed by atoms with Crippen LogP contribution in [0.25, 0.3) is 0 Å². The van der Waals surface area contributed by atoms with E-state index in [0.29, 0.717) is 17.2 Å². The Labute approximate surface area is 158 Å². The Kier molecular flexibility index (Phi) is 4.76. The van der Waals surface area contributed by atoms with Gasteiger partial charge in [0.1, 0.15) is 6.04 Å². The zero-order valence-corrected chi connectivity index (χ0v) is 15.6. The Bertz CT molecular complexity index is 778. The number of nitrogens with one attached hydrogen (secondary N) is 1. The largest absolute Gasteiger partial charge is 0.452 e. The molecule has 0 spiro atoms. The average Bonchev–Trinajstić information content (AvgIpc) is 3.16. The number of carbonyl (C=O) groups excluding carboxylic acids is 3.